The van der Waals surface area contributed by atoms with Gasteiger partial charge in [0.15, 0.2) is 0 Å². The van der Waals surface area contributed by atoms with Crippen molar-refractivity contribution in [1.29, 1.82) is 0 Å². The van der Waals surface area contributed by atoms with Crippen molar-refractivity contribution in [1.82, 2.24) is 5.32 Å². The monoisotopic (exact) mass is 285 g/mol. The minimum Gasteiger partial charge on any atom is -0.497 e. The first kappa shape index (κ1) is 15.4. The van der Waals surface area contributed by atoms with Crippen molar-refractivity contribution >= 4 is 0 Å². The number of hydrogen-bond donors (Lipinski definition) is 1. The summed E-state index contributed by atoms with van der Waals surface area (Å²) in [6.07, 6.45) is 0. The van der Waals surface area contributed by atoms with Crippen molar-refractivity contribution in [2.45, 2.75) is 27.0 Å². The van der Waals surface area contributed by atoms with Gasteiger partial charge in [-0.15, -0.1) is 0 Å². The van der Waals surface area contributed by atoms with E-state index in [1.54, 1.807) is 7.11 Å². The Morgan fingerprint density at radius 1 is 1.05 bits per heavy atom. The Balaban J connectivity index is 2.08. The van der Waals surface area contributed by atoms with Crippen LogP contribution in [0, 0.1) is 6.92 Å². The van der Waals surface area contributed by atoms with Gasteiger partial charge in [0.25, 0.3) is 0 Å². The van der Waals surface area contributed by atoms with E-state index in [4.69, 9.17) is 9.47 Å². The van der Waals surface area contributed by atoms with E-state index in [9.17, 15) is 0 Å². The summed E-state index contributed by atoms with van der Waals surface area (Å²) in [6, 6.07) is 14.3. The smallest absolute Gasteiger partial charge is 0.124 e. The maximum absolute atomic E-state index is 5.96. The van der Waals surface area contributed by atoms with E-state index >= 15 is 0 Å². The van der Waals surface area contributed by atoms with Gasteiger partial charge in [-0.3, -0.25) is 0 Å². The van der Waals surface area contributed by atoms with Crippen LogP contribution in [0.3, 0.4) is 0 Å². The number of nitrogens with one attached hydrogen (secondary N) is 1. The average molecular weight is 285 g/mol. The highest BCUT2D eigenvalue weighted by atomic mass is 16.5. The third-order valence-electron chi connectivity index (χ3n) is 3.35. The molecule has 0 spiro atoms. The molecule has 2 aromatic carbocycles. The van der Waals surface area contributed by atoms with Gasteiger partial charge >= 0.3 is 0 Å². The summed E-state index contributed by atoms with van der Waals surface area (Å²) in [7, 11) is 1.68. The van der Waals surface area contributed by atoms with Crippen LogP contribution in [0.25, 0.3) is 0 Å². The molecular formula is C18H23NO2. The van der Waals surface area contributed by atoms with Crippen molar-refractivity contribution in [2.75, 3.05) is 13.7 Å². The van der Waals surface area contributed by atoms with Crippen LogP contribution in [0.5, 0.6) is 11.5 Å². The molecule has 1 N–H and O–H groups in total. The molecular weight excluding hydrogens is 262 g/mol. The largest absolute Gasteiger partial charge is 0.497 e. The highest BCUT2D eigenvalue weighted by Gasteiger charge is 2.06. The van der Waals surface area contributed by atoms with Crippen molar-refractivity contribution in [2.24, 2.45) is 0 Å². The number of hydrogen-bond acceptors (Lipinski definition) is 3. The van der Waals surface area contributed by atoms with E-state index in [1.165, 1.54) is 11.1 Å². The molecule has 0 aliphatic heterocycles. The fraction of sp³-hybridized carbons (Fsp3) is 0.333. The Morgan fingerprint density at radius 2 is 1.81 bits per heavy atom. The molecule has 0 atom stereocenters. The first-order chi connectivity index (χ1) is 10.2. The Hall–Kier alpha value is -2.00. The quantitative estimate of drug-likeness (QED) is 0.841. The Labute approximate surface area is 126 Å². The molecule has 3 heteroatoms. The molecule has 0 saturated heterocycles. The molecule has 0 radical (unpaired) electrons. The third-order valence-corrected chi connectivity index (χ3v) is 3.35. The molecule has 2 aromatic rings. The van der Waals surface area contributed by atoms with Crippen LogP contribution < -0.4 is 14.8 Å². The zero-order valence-corrected chi connectivity index (χ0v) is 13.0. The van der Waals surface area contributed by atoms with Gasteiger partial charge in [0.2, 0.25) is 0 Å². The van der Waals surface area contributed by atoms with Gasteiger partial charge in [-0.2, -0.15) is 0 Å². The molecule has 0 aliphatic carbocycles. The Bertz CT molecular complexity index is 564. The van der Waals surface area contributed by atoms with E-state index in [1.807, 2.05) is 18.2 Å². The summed E-state index contributed by atoms with van der Waals surface area (Å²) in [5.41, 5.74) is 3.55. The van der Waals surface area contributed by atoms with Crippen LogP contribution in [0.1, 0.15) is 23.6 Å². The molecule has 0 amide bonds. The van der Waals surface area contributed by atoms with Gasteiger partial charge in [-0.25, -0.2) is 0 Å². The van der Waals surface area contributed by atoms with Crippen LogP contribution in [0.2, 0.25) is 0 Å². The van der Waals surface area contributed by atoms with Crippen LogP contribution in [0.15, 0.2) is 42.5 Å². The van der Waals surface area contributed by atoms with Gasteiger partial charge in [0.05, 0.1) is 7.11 Å². The minimum atomic E-state index is 0.575. The van der Waals surface area contributed by atoms with Gasteiger partial charge in [-0.05, 0) is 37.2 Å². The lowest BCUT2D eigenvalue weighted by Crippen LogP contribution is -2.13. The zero-order valence-electron chi connectivity index (χ0n) is 13.0. The van der Waals surface area contributed by atoms with Crippen LogP contribution in [-0.2, 0) is 13.2 Å². The normalized spacial score (nSPS) is 10.4. The molecule has 2 rings (SSSR count). The van der Waals surface area contributed by atoms with Crippen LogP contribution in [-0.4, -0.2) is 13.7 Å². The first-order valence-electron chi connectivity index (χ1n) is 7.29. The van der Waals surface area contributed by atoms with Gasteiger partial charge in [0.1, 0.15) is 18.1 Å². The van der Waals surface area contributed by atoms with Crippen LogP contribution >= 0.6 is 0 Å². The summed E-state index contributed by atoms with van der Waals surface area (Å²) >= 11 is 0. The molecule has 0 saturated carbocycles. The zero-order chi connectivity index (χ0) is 15.1. The lowest BCUT2D eigenvalue weighted by Gasteiger charge is -2.13. The van der Waals surface area contributed by atoms with Gasteiger partial charge < -0.3 is 14.8 Å². The molecule has 0 aromatic heterocycles. The van der Waals surface area contributed by atoms with Crippen LogP contribution in [0.4, 0.5) is 0 Å². The highest BCUT2D eigenvalue weighted by Crippen LogP contribution is 2.25. The first-order valence-corrected chi connectivity index (χ1v) is 7.29. The highest BCUT2D eigenvalue weighted by molar-refractivity contribution is 5.40. The summed E-state index contributed by atoms with van der Waals surface area (Å²) in [4.78, 5) is 0. The predicted molar refractivity (Wildman–Crippen MR) is 85.9 cm³/mol. The lowest BCUT2D eigenvalue weighted by atomic mass is 10.1. The molecule has 0 fully saturated rings. The maximum atomic E-state index is 5.96. The number of benzene rings is 2. The van der Waals surface area contributed by atoms with E-state index < -0.39 is 0 Å². The standard InChI is InChI=1S/C18H23NO2/c1-4-19-12-16-11-17(20-3)9-10-18(16)21-13-15-7-5-14(2)6-8-15/h5-11,19H,4,12-13H2,1-3H3. The second kappa shape index (κ2) is 7.70. The molecule has 0 unspecified atom stereocenters. The Kier molecular flexibility index (Phi) is 5.64. The number of aryl methyl sites for hydroxylation is 1. The summed E-state index contributed by atoms with van der Waals surface area (Å²) in [5.74, 6) is 1.75. The topological polar surface area (TPSA) is 30.5 Å². The van der Waals surface area contributed by atoms with Gasteiger partial charge in [0, 0.05) is 12.1 Å². The average Bonchev–Trinajstić information content (AvgIpc) is 2.52. The van der Waals surface area contributed by atoms with Gasteiger partial charge in [-0.1, -0.05) is 36.8 Å². The van der Waals surface area contributed by atoms with Crippen molar-refractivity contribution < 1.29 is 9.47 Å². The maximum Gasteiger partial charge on any atom is 0.124 e. The lowest BCUT2D eigenvalue weighted by molar-refractivity contribution is 0.301. The summed E-state index contributed by atoms with van der Waals surface area (Å²) in [6.45, 7) is 6.45. The van der Waals surface area contributed by atoms with Crippen molar-refractivity contribution in [3.05, 3.63) is 59.2 Å². The second-order valence-electron chi connectivity index (χ2n) is 5.03. The molecule has 0 heterocycles. The third kappa shape index (κ3) is 4.50. The number of methoxy groups -OCH3 is 1. The van der Waals surface area contributed by atoms with Crippen molar-refractivity contribution in [3.63, 3.8) is 0 Å². The van der Waals surface area contributed by atoms with E-state index in [-0.39, 0.29) is 0 Å². The minimum absolute atomic E-state index is 0.575. The fourth-order valence-corrected chi connectivity index (χ4v) is 2.07. The van der Waals surface area contributed by atoms with E-state index in [0.717, 1.165) is 30.2 Å². The second-order valence-corrected chi connectivity index (χ2v) is 5.03. The van der Waals surface area contributed by atoms with E-state index in [0.29, 0.717) is 6.61 Å². The fourth-order valence-electron chi connectivity index (χ4n) is 2.07. The Morgan fingerprint density at radius 3 is 2.48 bits per heavy atom. The molecule has 0 aliphatic rings. The molecule has 0 bridgehead atoms. The predicted octanol–water partition coefficient (Wildman–Crippen LogP) is 3.69. The number of ether oxygens (including phenoxy) is 2. The van der Waals surface area contributed by atoms with E-state index in [2.05, 4.69) is 43.4 Å². The molecule has 112 valence electrons. The SMILES string of the molecule is CCNCc1cc(OC)ccc1OCc1ccc(C)cc1. The van der Waals surface area contributed by atoms with Crippen molar-refractivity contribution in [3.8, 4) is 11.5 Å². The summed E-state index contributed by atoms with van der Waals surface area (Å²) in [5, 5.41) is 3.33. The number of rotatable bonds is 7. The summed E-state index contributed by atoms with van der Waals surface area (Å²) < 4.78 is 11.2. The molecule has 3 nitrogen and oxygen atoms in total. The molecule has 21 heavy (non-hydrogen) atoms.